The second kappa shape index (κ2) is 9.73. The molecular formula is C14H18BrFN6O4S. The largest absolute Gasteiger partial charge is 0.365 e. The topological polar surface area (TPSA) is 142 Å². The summed E-state index contributed by atoms with van der Waals surface area (Å²) < 4.78 is 43.7. The lowest BCUT2D eigenvalue weighted by Gasteiger charge is -2.07. The number of benzene rings is 1. The zero-order chi connectivity index (χ0) is 19.9. The van der Waals surface area contributed by atoms with Crippen molar-refractivity contribution in [2.24, 2.45) is 4.99 Å². The van der Waals surface area contributed by atoms with Crippen LogP contribution < -0.4 is 15.5 Å². The summed E-state index contributed by atoms with van der Waals surface area (Å²) in [5, 5.41) is 19.5. The predicted octanol–water partition coefficient (Wildman–Crippen LogP) is 1.77. The summed E-state index contributed by atoms with van der Waals surface area (Å²) in [6.07, 6.45) is 0.311. The van der Waals surface area contributed by atoms with E-state index in [0.717, 1.165) is 0 Å². The molecule has 0 atom stereocenters. The van der Waals surface area contributed by atoms with Crippen LogP contribution in [0.2, 0.25) is 0 Å². The number of amidine groups is 1. The van der Waals surface area contributed by atoms with Gasteiger partial charge in [0.25, 0.3) is 0 Å². The van der Waals surface area contributed by atoms with E-state index in [1.165, 1.54) is 18.2 Å². The maximum Gasteiger partial charge on any atom is 0.211 e. The van der Waals surface area contributed by atoms with Crippen molar-refractivity contribution >= 4 is 43.3 Å². The van der Waals surface area contributed by atoms with Gasteiger partial charge in [0.1, 0.15) is 5.82 Å². The molecule has 10 nitrogen and oxygen atoms in total. The molecule has 0 fully saturated rings. The molecule has 0 spiro atoms. The monoisotopic (exact) mass is 464 g/mol. The van der Waals surface area contributed by atoms with Crippen molar-refractivity contribution in [2.45, 2.75) is 13.3 Å². The number of aliphatic imine (C=N–C) groups is 1. The van der Waals surface area contributed by atoms with Gasteiger partial charge in [-0.3, -0.25) is 10.7 Å². The predicted molar refractivity (Wildman–Crippen MR) is 100 cm³/mol. The van der Waals surface area contributed by atoms with E-state index in [1.807, 2.05) is 5.48 Å². The minimum absolute atomic E-state index is 0.0583. The number of sulfonamides is 1. The normalized spacial score (nSPS) is 12.2. The smallest absolute Gasteiger partial charge is 0.211 e. The van der Waals surface area contributed by atoms with E-state index in [2.05, 4.69) is 45.9 Å². The Morgan fingerprint density at radius 3 is 2.85 bits per heavy atom. The van der Waals surface area contributed by atoms with Gasteiger partial charge in [0, 0.05) is 13.1 Å². The number of halogens is 2. The SMILES string of the molecule is CCNS(=O)(=O)CCCNc1nonc1C(=Nc1ccc(F)c(Br)c1)NO. The van der Waals surface area contributed by atoms with E-state index < -0.39 is 15.8 Å². The number of nitrogens with one attached hydrogen (secondary N) is 3. The summed E-state index contributed by atoms with van der Waals surface area (Å²) in [5.74, 6) is -0.433. The molecule has 2 aromatic rings. The summed E-state index contributed by atoms with van der Waals surface area (Å²) >= 11 is 3.05. The lowest BCUT2D eigenvalue weighted by Crippen LogP contribution is -2.27. The van der Waals surface area contributed by atoms with Crippen LogP contribution in [0, 0.1) is 5.82 Å². The Kier molecular flexibility index (Phi) is 7.65. The van der Waals surface area contributed by atoms with E-state index in [-0.39, 0.29) is 34.1 Å². The first-order chi connectivity index (χ1) is 12.9. The molecule has 1 aromatic carbocycles. The van der Waals surface area contributed by atoms with Gasteiger partial charge in [-0.2, -0.15) is 0 Å². The van der Waals surface area contributed by atoms with E-state index >= 15 is 0 Å². The molecule has 1 aromatic heterocycles. The van der Waals surface area contributed by atoms with Crippen molar-refractivity contribution < 1.29 is 22.6 Å². The Hall–Kier alpha value is -2.09. The first-order valence-corrected chi connectivity index (χ1v) is 10.3. The van der Waals surface area contributed by atoms with Crippen molar-refractivity contribution in [2.75, 3.05) is 24.2 Å². The van der Waals surface area contributed by atoms with Gasteiger partial charge >= 0.3 is 0 Å². The molecule has 0 bridgehead atoms. The second-order valence-corrected chi connectivity index (χ2v) is 8.01. The van der Waals surface area contributed by atoms with Crippen LogP contribution in [0.4, 0.5) is 15.9 Å². The molecule has 0 saturated carbocycles. The number of rotatable bonds is 9. The van der Waals surface area contributed by atoms with E-state index in [0.29, 0.717) is 18.7 Å². The van der Waals surface area contributed by atoms with Gasteiger partial charge in [0.15, 0.2) is 11.5 Å². The van der Waals surface area contributed by atoms with Gasteiger partial charge < -0.3 is 5.32 Å². The third-order valence-corrected chi connectivity index (χ3v) is 5.37. The van der Waals surface area contributed by atoms with Gasteiger partial charge in [0.2, 0.25) is 15.8 Å². The highest BCUT2D eigenvalue weighted by molar-refractivity contribution is 9.10. The highest BCUT2D eigenvalue weighted by atomic mass is 79.9. The van der Waals surface area contributed by atoms with E-state index in [9.17, 15) is 18.0 Å². The number of hydroxylamine groups is 1. The third-order valence-electron chi connectivity index (χ3n) is 3.21. The highest BCUT2D eigenvalue weighted by Crippen LogP contribution is 2.23. The molecule has 0 radical (unpaired) electrons. The summed E-state index contributed by atoms with van der Waals surface area (Å²) in [6.45, 7) is 2.30. The zero-order valence-electron chi connectivity index (χ0n) is 14.2. The van der Waals surface area contributed by atoms with Crippen LogP contribution in [-0.2, 0) is 10.0 Å². The molecular weight excluding hydrogens is 447 g/mol. The number of hydrogen-bond acceptors (Lipinski definition) is 8. The fourth-order valence-corrected chi connectivity index (χ4v) is 3.51. The van der Waals surface area contributed by atoms with E-state index in [4.69, 9.17) is 0 Å². The fraction of sp³-hybridized carbons (Fsp3) is 0.357. The molecule has 0 aliphatic rings. The first-order valence-electron chi connectivity index (χ1n) is 7.84. The molecule has 0 aliphatic heterocycles. The number of hydrogen-bond donors (Lipinski definition) is 4. The van der Waals surface area contributed by atoms with Crippen LogP contribution in [0.15, 0.2) is 32.3 Å². The maximum absolute atomic E-state index is 13.3. The van der Waals surface area contributed by atoms with Gasteiger partial charge in [-0.1, -0.05) is 6.92 Å². The average Bonchev–Trinajstić information content (AvgIpc) is 3.08. The van der Waals surface area contributed by atoms with Crippen LogP contribution in [-0.4, -0.2) is 48.6 Å². The van der Waals surface area contributed by atoms with Gasteiger partial charge in [-0.05, 0) is 50.9 Å². The second-order valence-electron chi connectivity index (χ2n) is 5.23. The highest BCUT2D eigenvalue weighted by Gasteiger charge is 2.17. The molecule has 0 amide bonds. The van der Waals surface area contributed by atoms with Crippen molar-refractivity contribution in [1.82, 2.24) is 20.5 Å². The van der Waals surface area contributed by atoms with Crippen LogP contribution in [0.1, 0.15) is 19.0 Å². The van der Waals surface area contributed by atoms with Crippen molar-refractivity contribution in [3.63, 3.8) is 0 Å². The van der Waals surface area contributed by atoms with Crippen molar-refractivity contribution in [3.05, 3.63) is 34.2 Å². The molecule has 1 heterocycles. The average molecular weight is 465 g/mol. The van der Waals surface area contributed by atoms with Crippen molar-refractivity contribution in [3.8, 4) is 0 Å². The Balaban J connectivity index is 2.07. The summed E-state index contributed by atoms with van der Waals surface area (Å²) in [6, 6.07) is 4.03. The van der Waals surface area contributed by atoms with Crippen LogP contribution >= 0.6 is 15.9 Å². The molecule has 0 saturated heterocycles. The number of nitrogens with zero attached hydrogens (tertiary/aromatic N) is 3. The number of anilines is 1. The number of aromatic nitrogens is 2. The van der Waals surface area contributed by atoms with Gasteiger partial charge in [-0.15, -0.1) is 0 Å². The molecule has 0 aliphatic carbocycles. The lowest BCUT2D eigenvalue weighted by molar-refractivity contribution is 0.234. The summed E-state index contributed by atoms with van der Waals surface area (Å²) in [4.78, 5) is 4.12. The summed E-state index contributed by atoms with van der Waals surface area (Å²) in [7, 11) is -3.31. The maximum atomic E-state index is 13.3. The van der Waals surface area contributed by atoms with Gasteiger partial charge in [0.05, 0.1) is 15.9 Å². The molecule has 27 heavy (non-hydrogen) atoms. The van der Waals surface area contributed by atoms with E-state index in [1.54, 1.807) is 6.92 Å². The van der Waals surface area contributed by atoms with Crippen LogP contribution in [0.5, 0.6) is 0 Å². The lowest BCUT2D eigenvalue weighted by atomic mass is 10.3. The molecule has 4 N–H and O–H groups in total. The minimum Gasteiger partial charge on any atom is -0.365 e. The Morgan fingerprint density at radius 2 is 2.19 bits per heavy atom. The Morgan fingerprint density at radius 1 is 1.41 bits per heavy atom. The minimum atomic E-state index is -3.31. The molecule has 0 unspecified atom stereocenters. The van der Waals surface area contributed by atoms with Gasteiger partial charge in [-0.25, -0.2) is 27.2 Å². The Labute approximate surface area is 163 Å². The molecule has 13 heteroatoms. The Bertz CT molecular complexity index is 905. The summed E-state index contributed by atoms with van der Waals surface area (Å²) in [5.41, 5.74) is 2.31. The van der Waals surface area contributed by atoms with Crippen LogP contribution in [0.25, 0.3) is 0 Å². The zero-order valence-corrected chi connectivity index (χ0v) is 16.6. The fourth-order valence-electron chi connectivity index (χ4n) is 2.04. The standard InChI is InChI=1S/C14H18BrFN6O4S/c1-2-18-27(24,25)7-3-6-17-13-12(21-26-22-13)14(20-23)19-9-4-5-11(16)10(15)8-9/h4-5,8,18,23H,2-3,6-7H2,1H3,(H,17,22)(H,19,20). The third kappa shape index (κ3) is 6.23. The van der Waals surface area contributed by atoms with Crippen molar-refractivity contribution in [1.29, 1.82) is 0 Å². The quantitative estimate of drug-likeness (QED) is 0.190. The van der Waals surface area contributed by atoms with Crippen LogP contribution in [0.3, 0.4) is 0 Å². The first kappa shape index (κ1) is 21.2. The molecule has 2 rings (SSSR count). The molecule has 148 valence electrons.